The fraction of sp³-hybridized carbons (Fsp3) is 0.750. The number of aliphatic hydroxyl groups is 1. The fourth-order valence-corrected chi connectivity index (χ4v) is 2.76. The maximum atomic E-state index is 9.22. The van der Waals surface area contributed by atoms with Crippen LogP contribution in [0, 0.1) is 12.8 Å². The third-order valence-electron chi connectivity index (χ3n) is 3.51. The van der Waals surface area contributed by atoms with Crippen LogP contribution in [0.1, 0.15) is 24.1 Å². The third-order valence-corrected chi connectivity index (χ3v) is 3.99. The lowest BCUT2D eigenvalue weighted by molar-refractivity contribution is 0.116. The number of nitrogens with zero attached hydrogens (tertiary/aromatic N) is 3. The van der Waals surface area contributed by atoms with E-state index in [9.17, 15) is 5.11 Å². The molecule has 4 nitrogen and oxygen atoms in total. The van der Waals surface area contributed by atoms with E-state index in [1.165, 1.54) is 0 Å². The van der Waals surface area contributed by atoms with Crippen molar-refractivity contribution in [2.75, 3.05) is 19.7 Å². The summed E-state index contributed by atoms with van der Waals surface area (Å²) in [6.45, 7) is 5.17. The Bertz CT molecular complexity index is 391. The number of piperidine rings is 1. The smallest absolute Gasteiger partial charge is 0.131 e. The highest BCUT2D eigenvalue weighted by molar-refractivity contribution is 6.30. The molecule has 0 bridgehead atoms. The molecule has 1 atom stereocenters. The molecule has 1 N–H and O–H groups in total. The molecule has 0 radical (unpaired) electrons. The van der Waals surface area contributed by atoms with Crippen LogP contribution in [-0.2, 0) is 13.6 Å². The predicted molar refractivity (Wildman–Crippen MR) is 68.0 cm³/mol. The summed E-state index contributed by atoms with van der Waals surface area (Å²) in [7, 11) is 1.87. The van der Waals surface area contributed by atoms with Crippen molar-refractivity contribution in [1.29, 1.82) is 0 Å². The minimum atomic E-state index is 0.288. The Morgan fingerprint density at radius 2 is 2.29 bits per heavy atom. The molecule has 1 aromatic heterocycles. The molecule has 96 valence electrons. The molecule has 1 aromatic rings. The van der Waals surface area contributed by atoms with Gasteiger partial charge in [0, 0.05) is 32.3 Å². The molecule has 5 heteroatoms. The van der Waals surface area contributed by atoms with Crippen LogP contribution >= 0.6 is 11.6 Å². The Balaban J connectivity index is 2.05. The Kier molecular flexibility index (Phi) is 4.07. The van der Waals surface area contributed by atoms with Crippen molar-refractivity contribution in [2.45, 2.75) is 26.3 Å². The molecule has 0 unspecified atom stereocenters. The van der Waals surface area contributed by atoms with E-state index in [2.05, 4.69) is 10.00 Å². The summed E-state index contributed by atoms with van der Waals surface area (Å²) >= 11 is 6.23. The van der Waals surface area contributed by atoms with Gasteiger partial charge in [-0.15, -0.1) is 0 Å². The van der Waals surface area contributed by atoms with Gasteiger partial charge in [0.15, 0.2) is 0 Å². The average molecular weight is 258 g/mol. The minimum Gasteiger partial charge on any atom is -0.396 e. The van der Waals surface area contributed by atoms with Gasteiger partial charge in [-0.3, -0.25) is 9.58 Å². The largest absolute Gasteiger partial charge is 0.396 e. The van der Waals surface area contributed by atoms with Crippen LogP contribution in [0.5, 0.6) is 0 Å². The van der Waals surface area contributed by atoms with E-state index in [-0.39, 0.29) is 6.61 Å². The summed E-state index contributed by atoms with van der Waals surface area (Å²) in [6.07, 6.45) is 2.29. The number of rotatable bonds is 3. The second-order valence-electron chi connectivity index (χ2n) is 4.90. The first-order valence-electron chi connectivity index (χ1n) is 6.13. The first kappa shape index (κ1) is 12.9. The van der Waals surface area contributed by atoms with Gasteiger partial charge in [0.05, 0.1) is 5.69 Å². The van der Waals surface area contributed by atoms with Gasteiger partial charge in [0.2, 0.25) is 0 Å². The van der Waals surface area contributed by atoms with E-state index < -0.39 is 0 Å². The molecule has 1 fully saturated rings. The second kappa shape index (κ2) is 5.38. The van der Waals surface area contributed by atoms with E-state index in [4.69, 9.17) is 11.6 Å². The number of aryl methyl sites for hydroxylation is 2. The molecule has 0 spiro atoms. The van der Waals surface area contributed by atoms with E-state index in [1.54, 1.807) is 4.68 Å². The molecule has 1 aliphatic rings. The zero-order valence-electron chi connectivity index (χ0n) is 10.5. The monoisotopic (exact) mass is 257 g/mol. The quantitative estimate of drug-likeness (QED) is 0.894. The number of hydrogen-bond acceptors (Lipinski definition) is 3. The van der Waals surface area contributed by atoms with Gasteiger partial charge in [-0.25, -0.2) is 0 Å². The zero-order chi connectivity index (χ0) is 12.4. The zero-order valence-corrected chi connectivity index (χ0v) is 11.2. The number of hydrogen-bond donors (Lipinski definition) is 1. The minimum absolute atomic E-state index is 0.288. The predicted octanol–water partition coefficient (Wildman–Crippen LogP) is 1.59. The van der Waals surface area contributed by atoms with E-state index in [1.807, 2.05) is 14.0 Å². The molecule has 2 rings (SSSR count). The normalized spacial score (nSPS) is 22.0. The van der Waals surface area contributed by atoms with Crippen molar-refractivity contribution in [3.05, 3.63) is 16.4 Å². The van der Waals surface area contributed by atoms with Gasteiger partial charge in [-0.2, -0.15) is 5.10 Å². The molecule has 0 amide bonds. The van der Waals surface area contributed by atoms with Crippen molar-refractivity contribution in [3.63, 3.8) is 0 Å². The highest BCUT2D eigenvalue weighted by Crippen LogP contribution is 2.23. The lowest BCUT2D eigenvalue weighted by Gasteiger charge is -2.31. The number of likely N-dealkylation sites (tertiary alicyclic amines) is 1. The Labute approximate surface area is 107 Å². The van der Waals surface area contributed by atoms with Crippen molar-refractivity contribution < 1.29 is 5.11 Å². The Morgan fingerprint density at radius 3 is 2.88 bits per heavy atom. The van der Waals surface area contributed by atoms with E-state index in [0.29, 0.717) is 5.92 Å². The van der Waals surface area contributed by atoms with Crippen LogP contribution in [0.2, 0.25) is 5.15 Å². The Hall–Kier alpha value is -0.580. The lowest BCUT2D eigenvalue weighted by atomic mass is 9.98. The molecule has 2 heterocycles. The second-order valence-corrected chi connectivity index (χ2v) is 5.26. The molecule has 0 aliphatic carbocycles. The number of aromatic nitrogens is 2. The topological polar surface area (TPSA) is 41.3 Å². The number of aliphatic hydroxyl groups excluding tert-OH is 1. The summed E-state index contributed by atoms with van der Waals surface area (Å²) in [5.74, 6) is 0.416. The first-order chi connectivity index (χ1) is 8.11. The molecule has 0 saturated carbocycles. The third kappa shape index (κ3) is 2.81. The summed E-state index contributed by atoms with van der Waals surface area (Å²) in [5, 5.41) is 14.3. The fourth-order valence-electron chi connectivity index (χ4n) is 2.52. The number of halogens is 1. The highest BCUT2D eigenvalue weighted by Gasteiger charge is 2.21. The maximum Gasteiger partial charge on any atom is 0.131 e. The van der Waals surface area contributed by atoms with Crippen LogP contribution in [0.3, 0.4) is 0 Å². The lowest BCUT2D eigenvalue weighted by Crippen LogP contribution is -2.36. The van der Waals surface area contributed by atoms with E-state index in [0.717, 1.165) is 48.9 Å². The van der Waals surface area contributed by atoms with Crippen molar-refractivity contribution in [2.24, 2.45) is 13.0 Å². The summed E-state index contributed by atoms with van der Waals surface area (Å²) < 4.78 is 1.72. The van der Waals surface area contributed by atoms with Crippen molar-refractivity contribution in [1.82, 2.24) is 14.7 Å². The van der Waals surface area contributed by atoms with E-state index >= 15 is 0 Å². The SMILES string of the molecule is Cc1nn(C)c(Cl)c1CN1CCC[C@@H](CO)C1. The van der Waals surface area contributed by atoms with Gasteiger partial charge >= 0.3 is 0 Å². The summed E-state index contributed by atoms with van der Waals surface area (Å²) in [6, 6.07) is 0. The van der Waals surface area contributed by atoms with Gasteiger partial charge in [-0.1, -0.05) is 11.6 Å². The van der Waals surface area contributed by atoms with Gasteiger partial charge < -0.3 is 5.11 Å². The first-order valence-corrected chi connectivity index (χ1v) is 6.50. The maximum absolute atomic E-state index is 9.22. The molecular weight excluding hydrogens is 238 g/mol. The molecule has 0 aromatic carbocycles. The standard InChI is InChI=1S/C12H20ClN3O/c1-9-11(12(13)15(2)14-9)7-16-5-3-4-10(6-16)8-17/h10,17H,3-8H2,1-2H3/t10-/m1/s1. The van der Waals surface area contributed by atoms with Crippen LogP contribution < -0.4 is 0 Å². The summed E-state index contributed by atoms with van der Waals surface area (Å²) in [4.78, 5) is 2.36. The Morgan fingerprint density at radius 1 is 1.53 bits per heavy atom. The van der Waals surface area contributed by atoms with Crippen LogP contribution in [0.25, 0.3) is 0 Å². The molecular formula is C12H20ClN3O. The van der Waals surface area contributed by atoms with Crippen molar-refractivity contribution >= 4 is 11.6 Å². The average Bonchev–Trinajstić information content (AvgIpc) is 2.56. The molecule has 17 heavy (non-hydrogen) atoms. The molecule has 1 saturated heterocycles. The van der Waals surface area contributed by atoms with Gasteiger partial charge in [0.1, 0.15) is 5.15 Å². The highest BCUT2D eigenvalue weighted by atomic mass is 35.5. The van der Waals surface area contributed by atoms with Gasteiger partial charge in [-0.05, 0) is 32.2 Å². The molecule has 1 aliphatic heterocycles. The summed E-state index contributed by atoms with van der Waals surface area (Å²) in [5.41, 5.74) is 2.12. The van der Waals surface area contributed by atoms with Crippen LogP contribution in [0.15, 0.2) is 0 Å². The van der Waals surface area contributed by atoms with Crippen molar-refractivity contribution in [3.8, 4) is 0 Å². The van der Waals surface area contributed by atoms with Crippen LogP contribution in [0.4, 0.5) is 0 Å². The van der Waals surface area contributed by atoms with Crippen LogP contribution in [-0.4, -0.2) is 39.5 Å². The van der Waals surface area contributed by atoms with Gasteiger partial charge in [0.25, 0.3) is 0 Å².